The van der Waals surface area contributed by atoms with Crippen molar-refractivity contribution in [2.45, 2.75) is 32.4 Å². The van der Waals surface area contributed by atoms with Crippen LogP contribution in [0.3, 0.4) is 0 Å². The molecule has 2 unspecified atom stereocenters. The van der Waals surface area contributed by atoms with Crippen LogP contribution in [-0.2, 0) is 4.74 Å². The largest absolute Gasteiger partial charge is 0.453 e. The minimum atomic E-state index is -0.0393. The SMILES string of the molecule is CCOC(c1ccccc1)C(C)NCCC(=O)c1cc2ccccc2o1. The summed E-state index contributed by atoms with van der Waals surface area (Å²) in [6, 6.07) is 19.7. The molecule has 0 radical (unpaired) electrons. The summed E-state index contributed by atoms with van der Waals surface area (Å²) >= 11 is 0. The van der Waals surface area contributed by atoms with Crippen LogP contribution in [0.2, 0.25) is 0 Å². The molecule has 0 saturated carbocycles. The maximum atomic E-state index is 12.4. The summed E-state index contributed by atoms with van der Waals surface area (Å²) in [5.74, 6) is 0.429. The highest BCUT2D eigenvalue weighted by Gasteiger charge is 2.20. The lowest BCUT2D eigenvalue weighted by atomic mass is 10.0. The average molecular weight is 351 g/mol. The predicted molar refractivity (Wildman–Crippen MR) is 103 cm³/mol. The van der Waals surface area contributed by atoms with Gasteiger partial charge in [0, 0.05) is 31.0 Å². The minimum Gasteiger partial charge on any atom is -0.453 e. The van der Waals surface area contributed by atoms with Crippen molar-refractivity contribution in [1.29, 1.82) is 0 Å². The van der Waals surface area contributed by atoms with Crippen LogP contribution in [0.15, 0.2) is 65.1 Å². The molecule has 4 nitrogen and oxygen atoms in total. The number of carbonyl (C=O) groups excluding carboxylic acids is 1. The molecule has 3 rings (SSSR count). The second-order valence-corrected chi connectivity index (χ2v) is 6.35. The van der Waals surface area contributed by atoms with Crippen LogP contribution in [0.4, 0.5) is 0 Å². The smallest absolute Gasteiger partial charge is 0.199 e. The predicted octanol–water partition coefficient (Wildman–Crippen LogP) is 4.76. The molecule has 0 fully saturated rings. The molecule has 0 saturated heterocycles. The summed E-state index contributed by atoms with van der Waals surface area (Å²) in [6.45, 7) is 5.30. The third-order valence-electron chi connectivity index (χ3n) is 4.45. The Morgan fingerprint density at radius 3 is 2.58 bits per heavy atom. The molecule has 1 aromatic heterocycles. The molecular formula is C22H25NO3. The number of carbonyl (C=O) groups is 1. The van der Waals surface area contributed by atoms with E-state index in [0.29, 0.717) is 25.3 Å². The van der Waals surface area contributed by atoms with E-state index in [2.05, 4.69) is 24.4 Å². The van der Waals surface area contributed by atoms with Crippen LogP contribution in [0.5, 0.6) is 0 Å². The highest BCUT2D eigenvalue weighted by molar-refractivity contribution is 5.97. The van der Waals surface area contributed by atoms with Gasteiger partial charge in [-0.2, -0.15) is 0 Å². The van der Waals surface area contributed by atoms with E-state index in [4.69, 9.17) is 9.15 Å². The number of hydrogen-bond acceptors (Lipinski definition) is 4. The van der Waals surface area contributed by atoms with Gasteiger partial charge in [0.25, 0.3) is 0 Å². The monoisotopic (exact) mass is 351 g/mol. The van der Waals surface area contributed by atoms with Gasteiger partial charge in [-0.05, 0) is 31.5 Å². The van der Waals surface area contributed by atoms with Crippen molar-refractivity contribution in [2.75, 3.05) is 13.2 Å². The average Bonchev–Trinajstić information content (AvgIpc) is 3.11. The summed E-state index contributed by atoms with van der Waals surface area (Å²) in [5.41, 5.74) is 1.88. The van der Waals surface area contributed by atoms with E-state index in [-0.39, 0.29) is 17.9 Å². The Labute approximate surface area is 154 Å². The zero-order valence-corrected chi connectivity index (χ0v) is 15.3. The lowest BCUT2D eigenvalue weighted by Gasteiger charge is -2.25. The van der Waals surface area contributed by atoms with Crippen LogP contribution in [0.25, 0.3) is 11.0 Å². The standard InChI is InChI=1S/C22H25NO3/c1-3-25-22(17-9-5-4-6-10-17)16(2)23-14-13-19(24)21-15-18-11-7-8-12-20(18)26-21/h4-12,15-16,22-23H,3,13-14H2,1-2H3. The molecule has 4 heteroatoms. The van der Waals surface area contributed by atoms with Crippen molar-refractivity contribution >= 4 is 16.8 Å². The Kier molecular flexibility index (Phi) is 6.21. The van der Waals surface area contributed by atoms with Gasteiger partial charge in [-0.15, -0.1) is 0 Å². The molecule has 0 spiro atoms. The van der Waals surface area contributed by atoms with Crippen molar-refractivity contribution in [3.8, 4) is 0 Å². The number of para-hydroxylation sites is 1. The summed E-state index contributed by atoms with van der Waals surface area (Å²) in [5, 5.41) is 4.37. The lowest BCUT2D eigenvalue weighted by molar-refractivity contribution is 0.0378. The summed E-state index contributed by atoms with van der Waals surface area (Å²) < 4.78 is 11.5. The fourth-order valence-electron chi connectivity index (χ4n) is 3.11. The van der Waals surface area contributed by atoms with Gasteiger partial charge in [0.2, 0.25) is 0 Å². The normalized spacial score (nSPS) is 13.6. The number of ether oxygens (including phenoxy) is 1. The van der Waals surface area contributed by atoms with Gasteiger partial charge in [0.1, 0.15) is 5.58 Å². The van der Waals surface area contributed by atoms with Gasteiger partial charge < -0.3 is 14.5 Å². The van der Waals surface area contributed by atoms with E-state index in [1.165, 1.54) is 0 Å². The van der Waals surface area contributed by atoms with Gasteiger partial charge >= 0.3 is 0 Å². The molecule has 2 atom stereocenters. The number of furan rings is 1. The summed E-state index contributed by atoms with van der Waals surface area (Å²) in [4.78, 5) is 12.4. The number of fused-ring (bicyclic) bond motifs is 1. The highest BCUT2D eigenvalue weighted by atomic mass is 16.5. The van der Waals surface area contributed by atoms with Crippen molar-refractivity contribution in [3.05, 3.63) is 72.0 Å². The second-order valence-electron chi connectivity index (χ2n) is 6.35. The third-order valence-corrected chi connectivity index (χ3v) is 4.45. The number of ketones is 1. The quantitative estimate of drug-likeness (QED) is 0.565. The van der Waals surface area contributed by atoms with Gasteiger partial charge in [0.15, 0.2) is 11.5 Å². The van der Waals surface area contributed by atoms with Crippen molar-refractivity contribution < 1.29 is 13.9 Å². The fraction of sp³-hybridized carbons (Fsp3) is 0.318. The molecule has 136 valence electrons. The molecule has 0 aliphatic heterocycles. The second kappa shape index (κ2) is 8.79. The molecule has 1 N–H and O–H groups in total. The fourth-order valence-corrected chi connectivity index (χ4v) is 3.11. The zero-order chi connectivity index (χ0) is 18.4. The number of nitrogens with one attached hydrogen (secondary N) is 1. The molecule has 2 aromatic carbocycles. The first-order chi connectivity index (χ1) is 12.7. The van der Waals surface area contributed by atoms with E-state index < -0.39 is 0 Å². The van der Waals surface area contributed by atoms with Crippen molar-refractivity contribution in [3.63, 3.8) is 0 Å². The maximum absolute atomic E-state index is 12.4. The van der Waals surface area contributed by atoms with Crippen LogP contribution < -0.4 is 5.32 Å². The number of benzene rings is 2. The van der Waals surface area contributed by atoms with Gasteiger partial charge in [-0.3, -0.25) is 4.79 Å². The zero-order valence-electron chi connectivity index (χ0n) is 15.3. The maximum Gasteiger partial charge on any atom is 0.199 e. The van der Waals surface area contributed by atoms with Gasteiger partial charge in [-0.1, -0.05) is 48.5 Å². The Bertz CT molecular complexity index is 808. The Hall–Kier alpha value is -2.43. The van der Waals surface area contributed by atoms with E-state index in [0.717, 1.165) is 16.5 Å². The van der Waals surface area contributed by atoms with Crippen LogP contribution in [-0.4, -0.2) is 25.0 Å². The van der Waals surface area contributed by atoms with Gasteiger partial charge in [-0.25, -0.2) is 0 Å². The first kappa shape index (κ1) is 18.4. The molecule has 1 heterocycles. The highest BCUT2D eigenvalue weighted by Crippen LogP contribution is 2.22. The van der Waals surface area contributed by atoms with E-state index in [1.54, 1.807) is 0 Å². The van der Waals surface area contributed by atoms with Crippen LogP contribution in [0, 0.1) is 0 Å². The molecule has 3 aromatic rings. The number of Topliss-reactive ketones (excluding diaryl/α,β-unsaturated/α-hetero) is 1. The van der Waals surface area contributed by atoms with Crippen LogP contribution in [0.1, 0.15) is 42.5 Å². The molecule has 0 aliphatic rings. The number of rotatable bonds is 9. The minimum absolute atomic E-state index is 0.00794. The van der Waals surface area contributed by atoms with Gasteiger partial charge in [0.05, 0.1) is 6.10 Å². The number of hydrogen-bond donors (Lipinski definition) is 1. The van der Waals surface area contributed by atoms with E-state index in [9.17, 15) is 4.79 Å². The van der Waals surface area contributed by atoms with E-state index >= 15 is 0 Å². The Balaban J connectivity index is 1.56. The summed E-state index contributed by atoms with van der Waals surface area (Å²) in [7, 11) is 0. The summed E-state index contributed by atoms with van der Waals surface area (Å²) in [6.07, 6.45) is 0.347. The van der Waals surface area contributed by atoms with E-state index in [1.807, 2.05) is 55.5 Å². The first-order valence-corrected chi connectivity index (χ1v) is 9.10. The van der Waals surface area contributed by atoms with Crippen LogP contribution >= 0.6 is 0 Å². The lowest BCUT2D eigenvalue weighted by Crippen LogP contribution is -2.35. The molecule has 0 aliphatic carbocycles. The topological polar surface area (TPSA) is 51.5 Å². The third kappa shape index (κ3) is 4.40. The van der Waals surface area contributed by atoms with Crippen molar-refractivity contribution in [2.24, 2.45) is 0 Å². The Morgan fingerprint density at radius 1 is 1.12 bits per heavy atom. The molecular weight excluding hydrogens is 326 g/mol. The first-order valence-electron chi connectivity index (χ1n) is 9.10. The molecule has 0 bridgehead atoms. The molecule has 0 amide bonds. The Morgan fingerprint density at radius 2 is 1.85 bits per heavy atom. The van der Waals surface area contributed by atoms with Crippen molar-refractivity contribution in [1.82, 2.24) is 5.32 Å². The molecule has 26 heavy (non-hydrogen) atoms.